The molecule has 0 aliphatic rings. The highest BCUT2D eigenvalue weighted by molar-refractivity contribution is 7.91. The van der Waals surface area contributed by atoms with Gasteiger partial charge in [-0.2, -0.15) is 0 Å². The first-order valence-corrected chi connectivity index (χ1v) is 8.55. The van der Waals surface area contributed by atoms with E-state index < -0.39 is 20.9 Å². The lowest BCUT2D eigenvalue weighted by molar-refractivity contribution is 0.102. The standard InChI is InChI=1S/C10H10ClN5O3S2/c1-3-21(18,19)10-12-4-6(11)7(13-10)8(17)14-9-16-15-5(2)20-9/h4H,3H2,1-2H3,(H,14,16,17). The quantitative estimate of drug-likeness (QED) is 0.829. The second-order valence-corrected chi connectivity index (χ2v) is 7.59. The predicted octanol–water partition coefficient (Wildman–Crippen LogP) is 1.34. The van der Waals surface area contributed by atoms with Crippen molar-refractivity contribution in [3.63, 3.8) is 0 Å². The minimum Gasteiger partial charge on any atom is -0.295 e. The molecule has 0 aliphatic heterocycles. The summed E-state index contributed by atoms with van der Waals surface area (Å²) in [6.07, 6.45) is 1.08. The van der Waals surface area contributed by atoms with Crippen LogP contribution in [0.15, 0.2) is 11.4 Å². The number of anilines is 1. The van der Waals surface area contributed by atoms with Gasteiger partial charge in [0.05, 0.1) is 17.0 Å². The largest absolute Gasteiger partial charge is 0.295 e. The summed E-state index contributed by atoms with van der Waals surface area (Å²) in [5.41, 5.74) is -0.230. The number of halogens is 1. The molecular formula is C10H10ClN5O3S2. The van der Waals surface area contributed by atoms with Gasteiger partial charge in [0, 0.05) is 0 Å². The first kappa shape index (κ1) is 15.7. The molecule has 0 aromatic carbocycles. The third-order valence-corrected chi connectivity index (χ3v) is 4.89. The van der Waals surface area contributed by atoms with Crippen LogP contribution in [-0.4, -0.2) is 40.2 Å². The molecule has 0 unspecified atom stereocenters. The van der Waals surface area contributed by atoms with E-state index in [2.05, 4.69) is 25.5 Å². The van der Waals surface area contributed by atoms with E-state index >= 15 is 0 Å². The summed E-state index contributed by atoms with van der Waals surface area (Å²) in [6, 6.07) is 0. The fourth-order valence-electron chi connectivity index (χ4n) is 1.29. The molecule has 0 aliphatic carbocycles. The fourth-order valence-corrected chi connectivity index (χ4v) is 2.76. The Morgan fingerprint density at radius 2 is 2.14 bits per heavy atom. The number of amides is 1. The fraction of sp³-hybridized carbons (Fsp3) is 0.300. The van der Waals surface area contributed by atoms with Crippen molar-refractivity contribution < 1.29 is 13.2 Å². The number of aryl methyl sites for hydroxylation is 1. The first-order chi connectivity index (χ1) is 9.83. The van der Waals surface area contributed by atoms with Crippen LogP contribution in [0.3, 0.4) is 0 Å². The lowest BCUT2D eigenvalue weighted by atomic mass is 10.4. The van der Waals surface area contributed by atoms with Crippen molar-refractivity contribution in [1.29, 1.82) is 0 Å². The van der Waals surface area contributed by atoms with Crippen molar-refractivity contribution >= 4 is 43.8 Å². The SMILES string of the molecule is CCS(=O)(=O)c1ncc(Cl)c(C(=O)Nc2nnc(C)s2)n1. The van der Waals surface area contributed by atoms with Crippen LogP contribution in [0.25, 0.3) is 0 Å². The molecule has 0 fully saturated rings. The minimum atomic E-state index is -3.63. The van der Waals surface area contributed by atoms with Gasteiger partial charge in [-0.1, -0.05) is 29.9 Å². The molecule has 2 aromatic rings. The number of nitrogens with zero attached hydrogens (tertiary/aromatic N) is 4. The third-order valence-electron chi connectivity index (χ3n) is 2.34. The molecule has 0 bridgehead atoms. The molecule has 2 rings (SSSR count). The average Bonchev–Trinajstić information content (AvgIpc) is 2.84. The lowest BCUT2D eigenvalue weighted by Crippen LogP contribution is -2.18. The van der Waals surface area contributed by atoms with E-state index in [9.17, 15) is 13.2 Å². The van der Waals surface area contributed by atoms with Crippen LogP contribution in [0.1, 0.15) is 22.4 Å². The number of carbonyl (C=O) groups is 1. The Balaban J connectivity index is 2.34. The molecule has 2 heterocycles. The second kappa shape index (κ2) is 6.00. The number of carbonyl (C=O) groups excluding carboxylic acids is 1. The number of sulfone groups is 1. The Morgan fingerprint density at radius 3 is 2.71 bits per heavy atom. The highest BCUT2D eigenvalue weighted by Crippen LogP contribution is 2.19. The summed E-state index contributed by atoms with van der Waals surface area (Å²) in [5.74, 6) is -0.850. The molecule has 0 atom stereocenters. The zero-order valence-corrected chi connectivity index (χ0v) is 13.4. The van der Waals surface area contributed by atoms with E-state index in [-0.39, 0.29) is 21.6 Å². The summed E-state index contributed by atoms with van der Waals surface area (Å²) >= 11 is 7.01. The van der Waals surface area contributed by atoms with Crippen molar-refractivity contribution in [2.45, 2.75) is 19.0 Å². The molecular weight excluding hydrogens is 338 g/mol. The minimum absolute atomic E-state index is 0.0520. The molecule has 2 aromatic heterocycles. The maximum atomic E-state index is 12.1. The summed E-state index contributed by atoms with van der Waals surface area (Å²) < 4.78 is 23.5. The van der Waals surface area contributed by atoms with E-state index in [4.69, 9.17) is 11.6 Å². The van der Waals surface area contributed by atoms with Crippen molar-refractivity contribution in [3.05, 3.63) is 21.9 Å². The number of nitrogens with one attached hydrogen (secondary N) is 1. The Kier molecular flexibility index (Phi) is 4.49. The van der Waals surface area contributed by atoms with Crippen molar-refractivity contribution in [2.24, 2.45) is 0 Å². The van der Waals surface area contributed by atoms with E-state index in [1.165, 1.54) is 18.3 Å². The van der Waals surface area contributed by atoms with E-state index in [0.717, 1.165) is 6.20 Å². The number of rotatable bonds is 4. The Morgan fingerprint density at radius 1 is 1.43 bits per heavy atom. The number of aromatic nitrogens is 4. The summed E-state index contributed by atoms with van der Waals surface area (Å²) in [4.78, 5) is 19.4. The van der Waals surface area contributed by atoms with Gasteiger partial charge in [0.25, 0.3) is 5.91 Å². The lowest BCUT2D eigenvalue weighted by Gasteiger charge is -2.05. The van der Waals surface area contributed by atoms with Gasteiger partial charge in [-0.15, -0.1) is 10.2 Å². The number of hydrogen-bond donors (Lipinski definition) is 1. The van der Waals surface area contributed by atoms with Gasteiger partial charge in [-0.25, -0.2) is 18.4 Å². The van der Waals surface area contributed by atoms with Crippen LogP contribution in [0.4, 0.5) is 5.13 Å². The van der Waals surface area contributed by atoms with Crippen LogP contribution in [-0.2, 0) is 9.84 Å². The van der Waals surface area contributed by atoms with Gasteiger partial charge in [-0.05, 0) is 6.92 Å². The van der Waals surface area contributed by atoms with Crippen LogP contribution >= 0.6 is 22.9 Å². The maximum Gasteiger partial charge on any atom is 0.277 e. The molecule has 112 valence electrons. The zero-order chi connectivity index (χ0) is 15.6. The van der Waals surface area contributed by atoms with E-state index in [1.807, 2.05) is 0 Å². The van der Waals surface area contributed by atoms with Crippen molar-refractivity contribution in [2.75, 3.05) is 11.1 Å². The Labute approximate surface area is 129 Å². The van der Waals surface area contributed by atoms with Gasteiger partial charge in [0.2, 0.25) is 20.1 Å². The highest BCUT2D eigenvalue weighted by Gasteiger charge is 2.21. The van der Waals surface area contributed by atoms with E-state index in [0.29, 0.717) is 5.01 Å². The van der Waals surface area contributed by atoms with Crippen molar-refractivity contribution in [3.8, 4) is 0 Å². The zero-order valence-electron chi connectivity index (χ0n) is 11.0. The molecule has 1 N–H and O–H groups in total. The molecule has 0 spiro atoms. The maximum absolute atomic E-state index is 12.1. The summed E-state index contributed by atoms with van der Waals surface area (Å²) in [7, 11) is -3.63. The normalized spacial score (nSPS) is 11.4. The first-order valence-electron chi connectivity index (χ1n) is 5.70. The monoisotopic (exact) mass is 347 g/mol. The van der Waals surface area contributed by atoms with Gasteiger partial charge >= 0.3 is 0 Å². The van der Waals surface area contributed by atoms with Crippen LogP contribution in [0.2, 0.25) is 5.02 Å². The molecule has 8 nitrogen and oxygen atoms in total. The molecule has 11 heteroatoms. The van der Waals surface area contributed by atoms with Crippen LogP contribution in [0.5, 0.6) is 0 Å². The Hall–Kier alpha value is -1.65. The summed E-state index contributed by atoms with van der Waals surface area (Å²) in [5, 5.41) is 10.4. The van der Waals surface area contributed by atoms with Gasteiger partial charge in [0.15, 0.2) is 5.69 Å². The molecule has 0 radical (unpaired) electrons. The van der Waals surface area contributed by atoms with Crippen molar-refractivity contribution in [1.82, 2.24) is 20.2 Å². The average molecular weight is 348 g/mol. The van der Waals surface area contributed by atoms with E-state index in [1.54, 1.807) is 6.92 Å². The smallest absolute Gasteiger partial charge is 0.277 e. The second-order valence-electron chi connectivity index (χ2n) is 3.83. The molecule has 21 heavy (non-hydrogen) atoms. The topological polar surface area (TPSA) is 115 Å². The van der Waals surface area contributed by atoms with Gasteiger partial charge in [-0.3, -0.25) is 10.1 Å². The third kappa shape index (κ3) is 3.52. The molecule has 1 amide bonds. The molecule has 0 saturated heterocycles. The predicted molar refractivity (Wildman–Crippen MR) is 77.4 cm³/mol. The van der Waals surface area contributed by atoms with Crippen LogP contribution < -0.4 is 5.32 Å². The van der Waals surface area contributed by atoms with Gasteiger partial charge in [0.1, 0.15) is 5.01 Å². The van der Waals surface area contributed by atoms with Crippen LogP contribution in [0, 0.1) is 6.92 Å². The number of hydrogen-bond acceptors (Lipinski definition) is 8. The Bertz CT molecular complexity index is 790. The van der Waals surface area contributed by atoms with Gasteiger partial charge < -0.3 is 0 Å². The highest BCUT2D eigenvalue weighted by atomic mass is 35.5. The molecule has 0 saturated carbocycles. The summed E-state index contributed by atoms with van der Waals surface area (Å²) in [6.45, 7) is 3.19.